The molecule has 0 saturated heterocycles. The number of phenolic OH excluding ortho intramolecular Hbond substituents is 4. The van der Waals surface area contributed by atoms with Crippen LogP contribution in [0.4, 0.5) is 0 Å². The highest BCUT2D eigenvalue weighted by molar-refractivity contribution is 6.14. The van der Waals surface area contributed by atoms with Crippen molar-refractivity contribution in [1.82, 2.24) is 0 Å². The topological polar surface area (TPSA) is 80.9 Å². The highest BCUT2D eigenvalue weighted by Crippen LogP contribution is 2.59. The molecule has 2 aliphatic rings. The molecule has 0 aliphatic heterocycles. The fourth-order valence-electron chi connectivity index (χ4n) is 11.8. The van der Waals surface area contributed by atoms with Crippen LogP contribution in [0.2, 0.25) is 0 Å². The zero-order chi connectivity index (χ0) is 45.2. The SMILES string of the molecule is CC1(C)Cc2cc(-c3cc4ccccc4c(-c4c(O)ccc5ccccc45)c3O)ccc2/C1=C1\c2ccc(-c3cc4ccccc4c(-c4c(O)ccc5ccccc45)c3O)cc2CC1(C)C. The van der Waals surface area contributed by atoms with Gasteiger partial charge in [0.05, 0.1) is 0 Å². The van der Waals surface area contributed by atoms with Crippen LogP contribution in [0.1, 0.15) is 49.9 Å². The minimum absolute atomic E-state index is 0.130. The van der Waals surface area contributed by atoms with E-state index in [1.807, 2.05) is 97.1 Å². The van der Waals surface area contributed by atoms with Gasteiger partial charge in [0.15, 0.2) is 0 Å². The third-order valence-electron chi connectivity index (χ3n) is 14.6. The van der Waals surface area contributed by atoms with Crippen molar-refractivity contribution in [2.75, 3.05) is 0 Å². The Hall–Kier alpha value is -7.82. The first kappa shape index (κ1) is 39.7. The highest BCUT2D eigenvalue weighted by atomic mass is 16.3. The molecule has 0 radical (unpaired) electrons. The molecule has 2 aliphatic carbocycles. The van der Waals surface area contributed by atoms with Crippen molar-refractivity contribution >= 4 is 54.2 Å². The Morgan fingerprint density at radius 2 is 0.682 bits per heavy atom. The molecule has 4 nitrogen and oxygen atoms in total. The molecule has 4 N–H and O–H groups in total. The van der Waals surface area contributed by atoms with Crippen LogP contribution in [-0.4, -0.2) is 20.4 Å². The molecule has 0 fully saturated rings. The minimum Gasteiger partial charge on any atom is -0.507 e. The molecular formula is C62H48O4. The van der Waals surface area contributed by atoms with Gasteiger partial charge in [-0.1, -0.05) is 173 Å². The predicted molar refractivity (Wildman–Crippen MR) is 273 cm³/mol. The van der Waals surface area contributed by atoms with Gasteiger partial charge in [-0.3, -0.25) is 0 Å². The van der Waals surface area contributed by atoms with Crippen molar-refractivity contribution in [3.8, 4) is 67.5 Å². The number of phenols is 4. The lowest BCUT2D eigenvalue weighted by Crippen LogP contribution is -2.17. The van der Waals surface area contributed by atoms with E-state index in [0.29, 0.717) is 22.3 Å². The Labute approximate surface area is 384 Å². The van der Waals surface area contributed by atoms with Gasteiger partial charge in [-0.25, -0.2) is 0 Å². The maximum atomic E-state index is 12.4. The number of hydrogen-bond acceptors (Lipinski definition) is 4. The summed E-state index contributed by atoms with van der Waals surface area (Å²) in [7, 11) is 0. The van der Waals surface area contributed by atoms with Crippen LogP contribution in [0.5, 0.6) is 23.0 Å². The average molecular weight is 857 g/mol. The van der Waals surface area contributed by atoms with Gasteiger partial charge in [-0.05, 0) is 136 Å². The maximum absolute atomic E-state index is 12.4. The lowest BCUT2D eigenvalue weighted by Gasteiger charge is -2.30. The summed E-state index contributed by atoms with van der Waals surface area (Å²) in [5.74, 6) is 0.558. The van der Waals surface area contributed by atoms with Crippen LogP contribution in [0.15, 0.2) is 170 Å². The second-order valence-electron chi connectivity index (χ2n) is 19.7. The third kappa shape index (κ3) is 5.91. The molecule has 4 heteroatoms. The molecule has 0 bridgehead atoms. The van der Waals surface area contributed by atoms with E-state index in [-0.39, 0.29) is 33.8 Å². The largest absolute Gasteiger partial charge is 0.507 e. The lowest BCUT2D eigenvalue weighted by atomic mass is 9.74. The summed E-state index contributed by atoms with van der Waals surface area (Å²) in [5.41, 5.74) is 13.2. The fourth-order valence-corrected chi connectivity index (χ4v) is 11.8. The Morgan fingerprint density at radius 1 is 0.333 bits per heavy atom. The van der Waals surface area contributed by atoms with Crippen LogP contribution in [0.3, 0.4) is 0 Å². The fraction of sp³-hybridized carbons (Fsp3) is 0.129. The van der Waals surface area contributed by atoms with Crippen LogP contribution < -0.4 is 0 Å². The van der Waals surface area contributed by atoms with Gasteiger partial charge in [-0.2, -0.15) is 0 Å². The zero-order valence-corrected chi connectivity index (χ0v) is 37.4. The van der Waals surface area contributed by atoms with Gasteiger partial charge < -0.3 is 20.4 Å². The maximum Gasteiger partial charge on any atom is 0.132 e. The number of hydrogen-bond donors (Lipinski definition) is 4. The first-order chi connectivity index (χ1) is 31.9. The number of aromatic hydroxyl groups is 4. The standard InChI is InChI=1S/C62H48O4/c1-61(2)33-41-29-39(49-31-37-15-7-11-19-45(37)55(59(49)65)53-43-17-9-5-13-35(43)23-27-51(53)63)21-25-47(41)57(61)58-48-26-22-40(30-42(48)34-62(58,3)4)50-32-38-16-8-12-20-46(38)56(60(50)66)54-44-18-10-6-14-36(44)24-28-52(54)64/h5-32,63-66H,33-34H2,1-4H3/b58-57-. The van der Waals surface area contributed by atoms with Crippen molar-refractivity contribution in [2.45, 2.75) is 40.5 Å². The van der Waals surface area contributed by atoms with Gasteiger partial charge in [0.2, 0.25) is 0 Å². The van der Waals surface area contributed by atoms with E-state index in [1.165, 1.54) is 33.4 Å². The van der Waals surface area contributed by atoms with E-state index in [0.717, 1.165) is 78.2 Å². The Bertz CT molecular complexity index is 3510. The molecular weight excluding hydrogens is 809 g/mol. The molecule has 0 aromatic heterocycles. The Morgan fingerprint density at radius 3 is 1.08 bits per heavy atom. The summed E-state index contributed by atoms with van der Waals surface area (Å²) in [6.45, 7) is 9.40. The molecule has 320 valence electrons. The van der Waals surface area contributed by atoms with E-state index in [1.54, 1.807) is 12.1 Å². The smallest absolute Gasteiger partial charge is 0.132 e. The first-order valence-electron chi connectivity index (χ1n) is 22.8. The van der Waals surface area contributed by atoms with Crippen LogP contribution in [0, 0.1) is 10.8 Å². The summed E-state index contributed by atoms with van der Waals surface area (Å²) < 4.78 is 0. The van der Waals surface area contributed by atoms with Crippen LogP contribution in [0.25, 0.3) is 98.7 Å². The number of allylic oxidation sites excluding steroid dienone is 2. The number of rotatable bonds is 4. The van der Waals surface area contributed by atoms with E-state index < -0.39 is 0 Å². The zero-order valence-electron chi connectivity index (χ0n) is 37.4. The quantitative estimate of drug-likeness (QED) is 0.142. The molecule has 0 heterocycles. The van der Waals surface area contributed by atoms with E-state index >= 15 is 0 Å². The Kier molecular flexibility index (Phi) is 8.64. The lowest BCUT2D eigenvalue weighted by molar-refractivity contribution is 0.471. The minimum atomic E-state index is -0.175. The first-order valence-corrected chi connectivity index (χ1v) is 22.8. The van der Waals surface area contributed by atoms with Crippen molar-refractivity contribution in [2.24, 2.45) is 10.8 Å². The average Bonchev–Trinajstić information content (AvgIpc) is 3.73. The Balaban J connectivity index is 0.994. The molecule has 12 rings (SSSR count). The second kappa shape index (κ2) is 14.3. The second-order valence-corrected chi connectivity index (χ2v) is 19.7. The summed E-state index contributed by atoms with van der Waals surface area (Å²) >= 11 is 0. The van der Waals surface area contributed by atoms with Crippen molar-refractivity contribution in [3.05, 3.63) is 192 Å². The summed E-state index contributed by atoms with van der Waals surface area (Å²) in [4.78, 5) is 0. The third-order valence-corrected chi connectivity index (χ3v) is 14.6. The number of fused-ring (bicyclic) bond motifs is 6. The molecule has 10 aromatic carbocycles. The molecule has 0 unspecified atom stereocenters. The summed E-state index contributed by atoms with van der Waals surface area (Å²) in [5, 5.41) is 55.1. The molecule has 10 aromatic rings. The van der Waals surface area contributed by atoms with Crippen molar-refractivity contribution in [3.63, 3.8) is 0 Å². The molecule has 0 amide bonds. The monoisotopic (exact) mass is 856 g/mol. The van der Waals surface area contributed by atoms with Crippen molar-refractivity contribution < 1.29 is 20.4 Å². The van der Waals surface area contributed by atoms with Gasteiger partial charge in [0, 0.05) is 33.4 Å². The molecule has 0 saturated carbocycles. The van der Waals surface area contributed by atoms with E-state index in [4.69, 9.17) is 0 Å². The predicted octanol–water partition coefficient (Wildman–Crippen LogP) is 15.9. The van der Waals surface area contributed by atoms with E-state index in [2.05, 4.69) is 88.4 Å². The molecule has 0 atom stereocenters. The summed E-state index contributed by atoms with van der Waals surface area (Å²) in [6, 6.07) is 56.9. The van der Waals surface area contributed by atoms with Gasteiger partial charge in [-0.15, -0.1) is 0 Å². The van der Waals surface area contributed by atoms with Gasteiger partial charge in [0.1, 0.15) is 23.0 Å². The van der Waals surface area contributed by atoms with Gasteiger partial charge >= 0.3 is 0 Å². The normalized spacial score (nSPS) is 16.1. The van der Waals surface area contributed by atoms with Crippen molar-refractivity contribution in [1.29, 1.82) is 0 Å². The van der Waals surface area contributed by atoms with Crippen LogP contribution >= 0.6 is 0 Å². The number of benzene rings is 10. The highest BCUT2D eigenvalue weighted by Gasteiger charge is 2.44. The van der Waals surface area contributed by atoms with E-state index in [9.17, 15) is 20.4 Å². The molecule has 66 heavy (non-hydrogen) atoms. The summed E-state index contributed by atoms with van der Waals surface area (Å²) in [6.07, 6.45) is 1.69. The van der Waals surface area contributed by atoms with Crippen LogP contribution in [-0.2, 0) is 12.8 Å². The van der Waals surface area contributed by atoms with Gasteiger partial charge in [0.25, 0.3) is 0 Å². The molecule has 0 spiro atoms.